The first kappa shape index (κ1) is 15.5. The molecule has 1 amide bonds. The molecule has 0 bridgehead atoms. The average molecular weight is 263 g/mol. The van der Waals surface area contributed by atoms with Gasteiger partial charge in [-0.15, -0.1) is 0 Å². The number of amides is 1. The van der Waals surface area contributed by atoms with E-state index in [0.29, 0.717) is 24.8 Å². The number of ether oxygens (including phenoxy) is 1. The minimum absolute atomic E-state index is 0.0456. The van der Waals surface area contributed by atoms with E-state index in [1.54, 1.807) is 7.11 Å². The van der Waals surface area contributed by atoms with Gasteiger partial charge in [-0.1, -0.05) is 39.8 Å². The van der Waals surface area contributed by atoms with Crippen LogP contribution in [0.4, 0.5) is 0 Å². The van der Waals surface area contributed by atoms with Gasteiger partial charge < -0.3 is 10.1 Å². The molecule has 0 saturated carbocycles. The van der Waals surface area contributed by atoms with Crippen molar-refractivity contribution in [3.8, 4) is 5.75 Å². The maximum absolute atomic E-state index is 11.8. The highest BCUT2D eigenvalue weighted by Crippen LogP contribution is 2.25. The third-order valence-corrected chi connectivity index (χ3v) is 3.04. The highest BCUT2D eigenvalue weighted by Gasteiger charge is 2.11. The molecule has 0 aliphatic heterocycles. The number of benzene rings is 1. The molecule has 1 aromatic carbocycles. The van der Waals surface area contributed by atoms with Crippen LogP contribution in [0, 0.1) is 5.92 Å². The molecule has 1 aromatic rings. The summed E-state index contributed by atoms with van der Waals surface area (Å²) in [5.74, 6) is 1.77. The molecule has 0 atom stereocenters. The molecule has 1 rings (SSSR count). The molecule has 0 aliphatic rings. The fourth-order valence-electron chi connectivity index (χ4n) is 1.82. The van der Waals surface area contributed by atoms with Crippen LogP contribution >= 0.6 is 0 Å². The predicted molar refractivity (Wildman–Crippen MR) is 78.6 cm³/mol. The molecule has 0 aromatic heterocycles. The van der Waals surface area contributed by atoms with E-state index in [4.69, 9.17) is 4.74 Å². The van der Waals surface area contributed by atoms with Crippen molar-refractivity contribution in [2.24, 2.45) is 5.92 Å². The van der Waals surface area contributed by atoms with Gasteiger partial charge in [0.2, 0.25) is 5.91 Å². The smallest absolute Gasteiger partial charge is 0.224 e. The van der Waals surface area contributed by atoms with Crippen molar-refractivity contribution in [3.05, 3.63) is 29.3 Å². The number of rotatable bonds is 6. The summed E-state index contributed by atoms with van der Waals surface area (Å²) in [7, 11) is 1.65. The second-order valence-electron chi connectivity index (χ2n) is 5.60. The van der Waals surface area contributed by atoms with Crippen LogP contribution in [-0.4, -0.2) is 19.6 Å². The minimum Gasteiger partial charge on any atom is -0.496 e. The van der Waals surface area contributed by atoms with Crippen LogP contribution in [0.1, 0.15) is 44.7 Å². The lowest BCUT2D eigenvalue weighted by molar-refractivity contribution is -0.120. The largest absolute Gasteiger partial charge is 0.496 e. The number of hydrogen-bond donors (Lipinski definition) is 1. The molecular formula is C16H25NO2. The minimum atomic E-state index is 0.0456. The Morgan fingerprint density at radius 1 is 1.26 bits per heavy atom. The molecular weight excluding hydrogens is 238 g/mol. The number of methoxy groups -OCH3 is 1. The summed E-state index contributed by atoms with van der Waals surface area (Å²) in [5, 5.41) is 2.92. The van der Waals surface area contributed by atoms with Gasteiger partial charge in [-0.05, 0) is 23.5 Å². The molecule has 0 spiro atoms. The summed E-state index contributed by atoms with van der Waals surface area (Å²) < 4.78 is 5.38. The lowest BCUT2D eigenvalue weighted by Gasteiger charge is -2.13. The van der Waals surface area contributed by atoms with Crippen LogP contribution in [-0.2, 0) is 11.2 Å². The number of carbonyl (C=O) groups is 1. The van der Waals surface area contributed by atoms with Crippen molar-refractivity contribution in [1.82, 2.24) is 5.32 Å². The summed E-state index contributed by atoms with van der Waals surface area (Å²) in [6.07, 6.45) is 0.369. The molecule has 0 unspecified atom stereocenters. The molecule has 0 saturated heterocycles. The molecule has 3 heteroatoms. The molecule has 0 aliphatic carbocycles. The van der Waals surface area contributed by atoms with Crippen molar-refractivity contribution in [1.29, 1.82) is 0 Å². The van der Waals surface area contributed by atoms with Crippen molar-refractivity contribution in [2.45, 2.75) is 40.0 Å². The Hall–Kier alpha value is -1.51. The average Bonchev–Trinajstić information content (AvgIpc) is 2.36. The molecule has 106 valence electrons. The quantitative estimate of drug-likeness (QED) is 0.856. The summed E-state index contributed by atoms with van der Waals surface area (Å²) in [5.41, 5.74) is 2.16. The fourth-order valence-corrected chi connectivity index (χ4v) is 1.82. The second kappa shape index (κ2) is 7.17. The third-order valence-electron chi connectivity index (χ3n) is 3.04. The maximum Gasteiger partial charge on any atom is 0.224 e. The zero-order valence-electron chi connectivity index (χ0n) is 12.6. The van der Waals surface area contributed by atoms with E-state index < -0.39 is 0 Å². The van der Waals surface area contributed by atoms with Crippen LogP contribution in [0.5, 0.6) is 5.75 Å². The molecule has 19 heavy (non-hydrogen) atoms. The van der Waals surface area contributed by atoms with E-state index in [1.165, 1.54) is 5.56 Å². The summed E-state index contributed by atoms with van der Waals surface area (Å²) in [6, 6.07) is 6.08. The first-order valence-electron chi connectivity index (χ1n) is 6.87. The van der Waals surface area contributed by atoms with Gasteiger partial charge >= 0.3 is 0 Å². The van der Waals surface area contributed by atoms with E-state index in [9.17, 15) is 4.79 Å². The van der Waals surface area contributed by atoms with Crippen LogP contribution < -0.4 is 10.1 Å². The van der Waals surface area contributed by atoms with E-state index >= 15 is 0 Å². The van der Waals surface area contributed by atoms with Crippen molar-refractivity contribution < 1.29 is 9.53 Å². The molecule has 3 nitrogen and oxygen atoms in total. The SMILES string of the molecule is COc1cc(C(C)C)ccc1CC(=O)NCC(C)C. The van der Waals surface area contributed by atoms with Crippen LogP contribution in [0.2, 0.25) is 0 Å². The van der Waals surface area contributed by atoms with Crippen LogP contribution in [0.15, 0.2) is 18.2 Å². The molecule has 0 heterocycles. The summed E-state index contributed by atoms with van der Waals surface area (Å²) in [4.78, 5) is 11.8. The normalized spacial score (nSPS) is 10.9. The van der Waals surface area contributed by atoms with E-state index in [1.807, 2.05) is 12.1 Å². The van der Waals surface area contributed by atoms with Gasteiger partial charge in [-0.3, -0.25) is 4.79 Å². The fraction of sp³-hybridized carbons (Fsp3) is 0.562. The molecule has 0 fully saturated rings. The van der Waals surface area contributed by atoms with Gasteiger partial charge in [0.15, 0.2) is 0 Å². The van der Waals surface area contributed by atoms with E-state index in [-0.39, 0.29) is 5.91 Å². The lowest BCUT2D eigenvalue weighted by atomic mass is 9.99. The zero-order valence-corrected chi connectivity index (χ0v) is 12.6. The number of carbonyl (C=O) groups excluding carboxylic acids is 1. The van der Waals surface area contributed by atoms with Crippen molar-refractivity contribution >= 4 is 5.91 Å². The monoisotopic (exact) mass is 263 g/mol. The number of hydrogen-bond acceptors (Lipinski definition) is 2. The maximum atomic E-state index is 11.8. The Kier molecular flexibility index (Phi) is 5.87. The zero-order chi connectivity index (χ0) is 14.4. The first-order valence-corrected chi connectivity index (χ1v) is 6.87. The van der Waals surface area contributed by atoms with Gasteiger partial charge in [0.25, 0.3) is 0 Å². The first-order chi connectivity index (χ1) is 8.93. The van der Waals surface area contributed by atoms with Gasteiger partial charge in [0.05, 0.1) is 13.5 Å². The topological polar surface area (TPSA) is 38.3 Å². The van der Waals surface area contributed by atoms with Crippen LogP contribution in [0.25, 0.3) is 0 Å². The number of nitrogens with one attached hydrogen (secondary N) is 1. The van der Waals surface area contributed by atoms with Crippen molar-refractivity contribution in [2.75, 3.05) is 13.7 Å². The van der Waals surface area contributed by atoms with E-state index in [0.717, 1.165) is 11.3 Å². The summed E-state index contributed by atoms with van der Waals surface area (Å²) in [6.45, 7) is 9.16. The highest BCUT2D eigenvalue weighted by molar-refractivity contribution is 5.79. The highest BCUT2D eigenvalue weighted by atomic mass is 16.5. The van der Waals surface area contributed by atoms with Gasteiger partial charge in [0, 0.05) is 12.1 Å². The molecule has 0 radical (unpaired) electrons. The van der Waals surface area contributed by atoms with Crippen LogP contribution in [0.3, 0.4) is 0 Å². The Morgan fingerprint density at radius 3 is 2.47 bits per heavy atom. The lowest BCUT2D eigenvalue weighted by Crippen LogP contribution is -2.28. The summed E-state index contributed by atoms with van der Waals surface area (Å²) >= 11 is 0. The standard InChI is InChI=1S/C16H25NO2/c1-11(2)10-17-16(18)9-14-7-6-13(12(3)4)8-15(14)19-5/h6-8,11-12H,9-10H2,1-5H3,(H,17,18). The predicted octanol–water partition coefficient (Wildman–Crippen LogP) is 3.13. The van der Waals surface area contributed by atoms with E-state index in [2.05, 4.69) is 39.1 Å². The Labute approximate surface area is 116 Å². The van der Waals surface area contributed by atoms with Gasteiger partial charge in [-0.25, -0.2) is 0 Å². The van der Waals surface area contributed by atoms with Gasteiger partial charge in [0.1, 0.15) is 5.75 Å². The molecule has 1 N–H and O–H groups in total. The Morgan fingerprint density at radius 2 is 1.95 bits per heavy atom. The Bertz CT molecular complexity index is 425. The Balaban J connectivity index is 2.75. The van der Waals surface area contributed by atoms with Gasteiger partial charge in [-0.2, -0.15) is 0 Å². The third kappa shape index (κ3) is 4.93. The van der Waals surface area contributed by atoms with Crippen molar-refractivity contribution in [3.63, 3.8) is 0 Å². The second-order valence-corrected chi connectivity index (χ2v) is 5.60.